The number of hydrogen-bond acceptors (Lipinski definition) is 4. The molecule has 0 spiro atoms. The van der Waals surface area contributed by atoms with Crippen LogP contribution in [0, 0.1) is 0 Å². The first-order chi connectivity index (χ1) is 14.0. The number of carbonyl (C=O) groups is 3. The number of benzene rings is 2. The van der Waals surface area contributed by atoms with Crippen LogP contribution in [-0.4, -0.2) is 22.7 Å². The van der Waals surface area contributed by atoms with Crippen molar-refractivity contribution in [3.05, 3.63) is 89.7 Å². The molecule has 0 bridgehead atoms. The largest absolute Gasteiger partial charge is 0.346 e. The van der Waals surface area contributed by atoms with Crippen LogP contribution in [0.3, 0.4) is 0 Å². The van der Waals surface area contributed by atoms with Crippen LogP contribution < -0.4 is 16.0 Å². The van der Waals surface area contributed by atoms with E-state index in [4.69, 9.17) is 0 Å². The van der Waals surface area contributed by atoms with Crippen LogP contribution in [0.5, 0.6) is 0 Å². The van der Waals surface area contributed by atoms with Gasteiger partial charge in [-0.25, -0.2) is 0 Å². The van der Waals surface area contributed by atoms with Crippen molar-refractivity contribution < 1.29 is 14.4 Å². The van der Waals surface area contributed by atoms with E-state index < -0.39 is 0 Å². The van der Waals surface area contributed by atoms with E-state index in [1.807, 2.05) is 18.2 Å². The van der Waals surface area contributed by atoms with Gasteiger partial charge in [0.1, 0.15) is 0 Å². The van der Waals surface area contributed by atoms with Gasteiger partial charge in [0.15, 0.2) is 0 Å². The number of nitrogens with one attached hydrogen (secondary N) is 3. The first kappa shape index (κ1) is 19.8. The fourth-order valence-electron chi connectivity index (χ4n) is 2.63. The third-order valence-electron chi connectivity index (χ3n) is 4.01. The van der Waals surface area contributed by atoms with Gasteiger partial charge < -0.3 is 16.0 Å². The smallest absolute Gasteiger partial charge is 0.255 e. The summed E-state index contributed by atoms with van der Waals surface area (Å²) in [5, 5.41) is 8.22. The van der Waals surface area contributed by atoms with Gasteiger partial charge in [-0.15, -0.1) is 0 Å². The number of aromatic nitrogens is 1. The van der Waals surface area contributed by atoms with Gasteiger partial charge in [0.25, 0.3) is 11.8 Å². The number of amides is 3. The predicted octanol–water partition coefficient (Wildman–Crippen LogP) is 3.22. The minimum atomic E-state index is -0.314. The van der Waals surface area contributed by atoms with Crippen LogP contribution in [0.4, 0.5) is 11.4 Å². The highest BCUT2D eigenvalue weighted by Crippen LogP contribution is 2.16. The zero-order chi connectivity index (χ0) is 20.6. The molecule has 146 valence electrons. The van der Waals surface area contributed by atoms with E-state index in [1.165, 1.54) is 6.92 Å². The van der Waals surface area contributed by atoms with E-state index >= 15 is 0 Å². The van der Waals surface area contributed by atoms with Gasteiger partial charge in [-0.1, -0.05) is 12.1 Å². The van der Waals surface area contributed by atoms with Crippen molar-refractivity contribution in [1.82, 2.24) is 10.3 Å². The molecule has 0 unspecified atom stereocenters. The maximum Gasteiger partial charge on any atom is 0.255 e. The standard InChI is InChI=1S/C22H20N4O3/c1-15(27)25-18-6-4-7-19(13-18)26-22(29)17-10-8-16(9-11-17)21(28)24-14-20-5-2-3-12-23-20/h2-13H,14H2,1H3,(H,24,28)(H,25,27)(H,26,29). The molecule has 3 aromatic rings. The number of nitrogens with zero attached hydrogens (tertiary/aromatic N) is 1. The summed E-state index contributed by atoms with van der Waals surface area (Å²) in [7, 11) is 0. The molecule has 3 amide bonds. The zero-order valence-corrected chi connectivity index (χ0v) is 15.8. The third kappa shape index (κ3) is 5.74. The molecule has 3 N–H and O–H groups in total. The molecule has 3 rings (SSSR count). The summed E-state index contributed by atoms with van der Waals surface area (Å²) in [6, 6.07) is 18.7. The lowest BCUT2D eigenvalue weighted by atomic mass is 10.1. The molecule has 29 heavy (non-hydrogen) atoms. The van der Waals surface area contributed by atoms with Gasteiger partial charge in [0.2, 0.25) is 5.91 Å². The zero-order valence-electron chi connectivity index (χ0n) is 15.8. The van der Waals surface area contributed by atoms with Crippen molar-refractivity contribution in [3.63, 3.8) is 0 Å². The number of carbonyl (C=O) groups excluding carboxylic acids is 3. The molecule has 1 aromatic heterocycles. The maximum absolute atomic E-state index is 12.4. The van der Waals surface area contributed by atoms with Gasteiger partial charge >= 0.3 is 0 Å². The Morgan fingerprint density at radius 1 is 0.793 bits per heavy atom. The third-order valence-corrected chi connectivity index (χ3v) is 4.01. The molecule has 0 atom stereocenters. The van der Waals surface area contributed by atoms with E-state index in [0.717, 1.165) is 5.69 Å². The minimum absolute atomic E-state index is 0.189. The van der Waals surface area contributed by atoms with Crippen LogP contribution in [0.25, 0.3) is 0 Å². The summed E-state index contributed by atoms with van der Waals surface area (Å²) in [5.74, 6) is -0.749. The number of anilines is 2. The Morgan fingerprint density at radius 3 is 2.07 bits per heavy atom. The maximum atomic E-state index is 12.4. The molecule has 0 fully saturated rings. The molecule has 0 saturated heterocycles. The average Bonchev–Trinajstić information content (AvgIpc) is 2.72. The van der Waals surface area contributed by atoms with E-state index in [9.17, 15) is 14.4 Å². The Morgan fingerprint density at radius 2 is 1.45 bits per heavy atom. The number of pyridine rings is 1. The molecule has 7 nitrogen and oxygen atoms in total. The van der Waals surface area contributed by atoms with Crippen LogP contribution in [-0.2, 0) is 11.3 Å². The summed E-state index contributed by atoms with van der Waals surface area (Å²) in [6.45, 7) is 1.74. The van der Waals surface area contributed by atoms with Crippen molar-refractivity contribution in [2.24, 2.45) is 0 Å². The summed E-state index contributed by atoms with van der Waals surface area (Å²) < 4.78 is 0. The topological polar surface area (TPSA) is 100 Å². The van der Waals surface area contributed by atoms with Gasteiger partial charge in [-0.05, 0) is 54.6 Å². The molecule has 0 aliphatic carbocycles. The lowest BCUT2D eigenvalue weighted by Gasteiger charge is -2.09. The Hall–Kier alpha value is -4.00. The fraction of sp³-hybridized carbons (Fsp3) is 0.0909. The van der Waals surface area contributed by atoms with E-state index in [1.54, 1.807) is 54.7 Å². The molecule has 0 aliphatic rings. The van der Waals surface area contributed by atoms with Gasteiger partial charge in [0.05, 0.1) is 12.2 Å². The number of rotatable bonds is 6. The highest BCUT2D eigenvalue weighted by atomic mass is 16.2. The van der Waals surface area contributed by atoms with E-state index in [-0.39, 0.29) is 17.7 Å². The highest BCUT2D eigenvalue weighted by Gasteiger charge is 2.10. The number of hydrogen-bond donors (Lipinski definition) is 3. The van der Waals surface area contributed by atoms with Crippen molar-refractivity contribution >= 4 is 29.1 Å². The lowest BCUT2D eigenvalue weighted by molar-refractivity contribution is -0.114. The van der Waals surface area contributed by atoms with Crippen LogP contribution >= 0.6 is 0 Å². The predicted molar refractivity (Wildman–Crippen MR) is 111 cm³/mol. The SMILES string of the molecule is CC(=O)Nc1cccc(NC(=O)c2ccc(C(=O)NCc3ccccn3)cc2)c1. The summed E-state index contributed by atoms with van der Waals surface area (Å²) >= 11 is 0. The molecular formula is C22H20N4O3. The van der Waals surface area contributed by atoms with Crippen molar-refractivity contribution in [1.29, 1.82) is 0 Å². The second-order valence-corrected chi connectivity index (χ2v) is 6.30. The highest BCUT2D eigenvalue weighted by molar-refractivity contribution is 6.05. The second kappa shape index (κ2) is 9.27. The van der Waals surface area contributed by atoms with E-state index in [2.05, 4.69) is 20.9 Å². The van der Waals surface area contributed by atoms with Crippen LogP contribution in [0.1, 0.15) is 33.3 Å². The Balaban J connectivity index is 1.60. The lowest BCUT2D eigenvalue weighted by Crippen LogP contribution is -2.23. The van der Waals surface area contributed by atoms with Gasteiger partial charge in [-0.3, -0.25) is 19.4 Å². The molecule has 0 saturated carbocycles. The molecule has 0 radical (unpaired) electrons. The summed E-state index contributed by atoms with van der Waals surface area (Å²) in [6.07, 6.45) is 1.67. The monoisotopic (exact) mass is 388 g/mol. The normalized spacial score (nSPS) is 10.1. The first-order valence-corrected chi connectivity index (χ1v) is 8.98. The molecule has 2 aromatic carbocycles. The minimum Gasteiger partial charge on any atom is -0.346 e. The van der Waals surface area contributed by atoms with Crippen molar-refractivity contribution in [3.8, 4) is 0 Å². The van der Waals surface area contributed by atoms with E-state index in [0.29, 0.717) is 29.0 Å². The van der Waals surface area contributed by atoms with Gasteiger partial charge in [-0.2, -0.15) is 0 Å². The Kier molecular flexibility index (Phi) is 6.32. The summed E-state index contributed by atoms with van der Waals surface area (Å²) in [5.41, 5.74) is 2.77. The molecule has 7 heteroatoms. The van der Waals surface area contributed by atoms with Crippen molar-refractivity contribution in [2.45, 2.75) is 13.5 Å². The molecule has 1 heterocycles. The molecular weight excluding hydrogens is 368 g/mol. The quantitative estimate of drug-likeness (QED) is 0.604. The summed E-state index contributed by atoms with van der Waals surface area (Å²) in [4.78, 5) is 40.0. The second-order valence-electron chi connectivity index (χ2n) is 6.30. The Bertz CT molecular complexity index is 1020. The first-order valence-electron chi connectivity index (χ1n) is 8.98. The van der Waals surface area contributed by atoms with Crippen LogP contribution in [0.2, 0.25) is 0 Å². The average molecular weight is 388 g/mol. The van der Waals surface area contributed by atoms with Gasteiger partial charge in [0, 0.05) is 35.6 Å². The fourth-order valence-corrected chi connectivity index (χ4v) is 2.63. The van der Waals surface area contributed by atoms with Crippen molar-refractivity contribution in [2.75, 3.05) is 10.6 Å². The Labute approximate surface area is 168 Å². The van der Waals surface area contributed by atoms with Crippen LogP contribution in [0.15, 0.2) is 72.9 Å². The molecule has 0 aliphatic heterocycles.